The quantitative estimate of drug-likeness (QED) is 0.488. The number of ether oxygens (including phenoxy) is 1. The second-order valence-electron chi connectivity index (χ2n) is 7.18. The molecule has 0 saturated carbocycles. The molecule has 13 heteroatoms. The molecule has 0 fully saturated rings. The second-order valence-corrected chi connectivity index (χ2v) is 9.39. The van der Waals surface area contributed by atoms with E-state index >= 15 is 0 Å². The Labute approximate surface area is 192 Å². The van der Waals surface area contributed by atoms with E-state index in [2.05, 4.69) is 31.2 Å². The molecule has 0 spiro atoms. The monoisotopic (exact) mass is 526 g/mol. The molecule has 0 atom stereocenters. The van der Waals surface area contributed by atoms with Crippen LogP contribution in [-0.4, -0.2) is 38.5 Å². The SMILES string of the molecule is CC1(C)N=C(N)N=C(N)N1c1ccc(OCC(=O)Nc2ccc(S(=O)(=O)F)cc2)c(Br)c1. The minimum atomic E-state index is -4.80. The van der Waals surface area contributed by atoms with E-state index in [0.29, 0.717) is 21.6 Å². The van der Waals surface area contributed by atoms with Crippen molar-refractivity contribution >= 4 is 55.4 Å². The number of hydrogen-bond donors (Lipinski definition) is 3. The lowest BCUT2D eigenvalue weighted by Gasteiger charge is -2.38. The van der Waals surface area contributed by atoms with Gasteiger partial charge in [0.25, 0.3) is 5.91 Å². The Morgan fingerprint density at radius 2 is 1.88 bits per heavy atom. The normalized spacial score (nSPS) is 15.6. The van der Waals surface area contributed by atoms with Crippen molar-refractivity contribution in [3.8, 4) is 5.75 Å². The highest BCUT2D eigenvalue weighted by molar-refractivity contribution is 9.10. The Balaban J connectivity index is 1.65. The lowest BCUT2D eigenvalue weighted by atomic mass is 10.1. The third kappa shape index (κ3) is 5.34. The maximum absolute atomic E-state index is 12.9. The number of nitrogens with two attached hydrogens (primary N) is 2. The largest absolute Gasteiger partial charge is 0.483 e. The average molecular weight is 527 g/mol. The molecule has 1 aliphatic rings. The number of carbonyl (C=O) groups is 1. The smallest absolute Gasteiger partial charge is 0.332 e. The standard InChI is InChI=1S/C19H20BrFN6O4S/c1-19(2)26-17(22)25-18(23)27(19)12-5-8-15(14(20)9-12)31-10-16(28)24-11-3-6-13(7-4-11)32(21,29)30/h3-9H,10H2,1-2H3,(H,24,28)(H4,22,23,25,26). The summed E-state index contributed by atoms with van der Waals surface area (Å²) in [5.41, 5.74) is 11.9. The average Bonchev–Trinajstić information content (AvgIpc) is 2.65. The van der Waals surface area contributed by atoms with Crippen molar-refractivity contribution in [3.63, 3.8) is 0 Å². The number of amides is 1. The highest BCUT2D eigenvalue weighted by Gasteiger charge is 2.33. The van der Waals surface area contributed by atoms with E-state index in [9.17, 15) is 17.1 Å². The van der Waals surface area contributed by atoms with E-state index < -0.39 is 26.7 Å². The maximum Gasteiger partial charge on any atom is 0.332 e. The van der Waals surface area contributed by atoms with Crippen molar-refractivity contribution in [3.05, 3.63) is 46.9 Å². The molecule has 170 valence electrons. The molecule has 0 saturated heterocycles. The molecular weight excluding hydrogens is 507 g/mol. The first-order valence-electron chi connectivity index (χ1n) is 9.13. The lowest BCUT2D eigenvalue weighted by Crippen LogP contribution is -2.54. The Hall–Kier alpha value is -3.19. The van der Waals surface area contributed by atoms with Gasteiger partial charge in [-0.2, -0.15) is 13.4 Å². The Bertz CT molecular complexity index is 1210. The van der Waals surface area contributed by atoms with Crippen LogP contribution in [0.3, 0.4) is 0 Å². The molecule has 0 aliphatic carbocycles. The van der Waals surface area contributed by atoms with Crippen molar-refractivity contribution in [1.29, 1.82) is 0 Å². The summed E-state index contributed by atoms with van der Waals surface area (Å²) in [6.45, 7) is 3.35. The van der Waals surface area contributed by atoms with Gasteiger partial charge in [0, 0.05) is 11.4 Å². The van der Waals surface area contributed by atoms with E-state index in [1.54, 1.807) is 23.1 Å². The van der Waals surface area contributed by atoms with Gasteiger partial charge < -0.3 is 21.5 Å². The maximum atomic E-state index is 12.9. The zero-order valence-electron chi connectivity index (χ0n) is 17.0. The van der Waals surface area contributed by atoms with Gasteiger partial charge in [0.05, 0.1) is 9.37 Å². The summed E-state index contributed by atoms with van der Waals surface area (Å²) in [7, 11) is -4.80. The number of nitrogens with zero attached hydrogens (tertiary/aromatic N) is 3. The molecule has 0 radical (unpaired) electrons. The molecule has 0 bridgehead atoms. The zero-order valence-corrected chi connectivity index (χ0v) is 19.4. The van der Waals surface area contributed by atoms with Crippen LogP contribution >= 0.6 is 15.9 Å². The number of guanidine groups is 2. The predicted molar refractivity (Wildman–Crippen MR) is 123 cm³/mol. The molecular formula is C19H20BrFN6O4S. The minimum absolute atomic E-state index is 0.0924. The fourth-order valence-electron chi connectivity index (χ4n) is 3.04. The van der Waals surface area contributed by atoms with Gasteiger partial charge in [-0.15, -0.1) is 3.89 Å². The number of halogens is 2. The van der Waals surface area contributed by atoms with Crippen molar-refractivity contribution in [2.45, 2.75) is 24.4 Å². The number of rotatable bonds is 6. The summed E-state index contributed by atoms with van der Waals surface area (Å²) in [5, 5.41) is 2.53. The van der Waals surface area contributed by atoms with Crippen molar-refractivity contribution in [1.82, 2.24) is 0 Å². The topological polar surface area (TPSA) is 152 Å². The van der Waals surface area contributed by atoms with E-state index in [1.165, 1.54) is 12.1 Å². The summed E-state index contributed by atoms with van der Waals surface area (Å²) in [4.78, 5) is 21.6. The lowest BCUT2D eigenvalue weighted by molar-refractivity contribution is -0.118. The fraction of sp³-hybridized carbons (Fsp3) is 0.211. The molecule has 1 heterocycles. The van der Waals surface area contributed by atoms with Gasteiger partial charge in [0.15, 0.2) is 6.61 Å². The first-order valence-corrected chi connectivity index (χ1v) is 11.3. The van der Waals surface area contributed by atoms with Gasteiger partial charge in [-0.05, 0) is 72.2 Å². The summed E-state index contributed by atoms with van der Waals surface area (Å²) in [5.74, 6) is 0.190. The zero-order chi connectivity index (χ0) is 23.7. The van der Waals surface area contributed by atoms with E-state index in [-0.39, 0.29) is 18.5 Å². The number of benzene rings is 2. The fourth-order valence-corrected chi connectivity index (χ4v) is 3.98. The van der Waals surface area contributed by atoms with Crippen LogP contribution in [0, 0.1) is 0 Å². The van der Waals surface area contributed by atoms with Crippen molar-refractivity contribution in [2.75, 3.05) is 16.8 Å². The van der Waals surface area contributed by atoms with Gasteiger partial charge in [-0.3, -0.25) is 9.69 Å². The first kappa shape index (κ1) is 23.5. The van der Waals surface area contributed by atoms with Gasteiger partial charge in [0.1, 0.15) is 11.4 Å². The summed E-state index contributed by atoms with van der Waals surface area (Å²) >= 11 is 3.41. The second kappa shape index (κ2) is 8.74. The Kier molecular flexibility index (Phi) is 6.41. The molecule has 0 unspecified atom stereocenters. The van der Waals surface area contributed by atoms with Crippen LogP contribution < -0.4 is 26.4 Å². The van der Waals surface area contributed by atoms with Crippen molar-refractivity contribution in [2.24, 2.45) is 21.5 Å². The number of nitrogens with one attached hydrogen (secondary N) is 1. The Morgan fingerprint density at radius 3 is 2.44 bits per heavy atom. The molecule has 3 rings (SSSR count). The molecule has 1 aliphatic heterocycles. The van der Waals surface area contributed by atoms with Gasteiger partial charge in [-0.1, -0.05) is 0 Å². The summed E-state index contributed by atoms with van der Waals surface area (Å²) < 4.78 is 40.7. The van der Waals surface area contributed by atoms with Crippen LogP contribution in [0.15, 0.2) is 61.8 Å². The molecule has 10 nitrogen and oxygen atoms in total. The molecule has 32 heavy (non-hydrogen) atoms. The third-order valence-electron chi connectivity index (χ3n) is 4.35. The van der Waals surface area contributed by atoms with Gasteiger partial charge in [0.2, 0.25) is 11.9 Å². The molecule has 2 aromatic carbocycles. The van der Waals surface area contributed by atoms with Gasteiger partial charge in [-0.25, -0.2) is 4.99 Å². The van der Waals surface area contributed by atoms with E-state index in [0.717, 1.165) is 12.1 Å². The third-order valence-corrected chi connectivity index (χ3v) is 5.80. The summed E-state index contributed by atoms with van der Waals surface area (Å²) in [6, 6.07) is 9.78. The highest BCUT2D eigenvalue weighted by atomic mass is 79.9. The van der Waals surface area contributed by atoms with Crippen molar-refractivity contribution < 1.29 is 21.8 Å². The number of anilines is 2. The summed E-state index contributed by atoms with van der Waals surface area (Å²) in [6.07, 6.45) is 0. The number of aliphatic imine (C=N–C) groups is 2. The number of carbonyl (C=O) groups excluding carboxylic acids is 1. The molecule has 1 amide bonds. The minimum Gasteiger partial charge on any atom is -0.483 e. The highest BCUT2D eigenvalue weighted by Crippen LogP contribution is 2.34. The molecule has 5 N–H and O–H groups in total. The van der Waals surface area contributed by atoms with Crippen LogP contribution in [0.25, 0.3) is 0 Å². The van der Waals surface area contributed by atoms with E-state index in [4.69, 9.17) is 16.2 Å². The van der Waals surface area contributed by atoms with Crippen LogP contribution in [0.2, 0.25) is 0 Å². The number of hydrogen-bond acceptors (Lipinski definition) is 9. The van der Waals surface area contributed by atoms with E-state index in [1.807, 2.05) is 13.8 Å². The van der Waals surface area contributed by atoms with Crippen LogP contribution in [0.1, 0.15) is 13.8 Å². The first-order chi connectivity index (χ1) is 14.9. The predicted octanol–water partition coefficient (Wildman–Crippen LogP) is 2.31. The van der Waals surface area contributed by atoms with Gasteiger partial charge >= 0.3 is 10.2 Å². The Morgan fingerprint density at radius 1 is 1.22 bits per heavy atom. The van der Waals surface area contributed by atoms with Crippen LogP contribution in [0.4, 0.5) is 15.3 Å². The van der Waals surface area contributed by atoms with Crippen LogP contribution in [-0.2, 0) is 15.0 Å². The molecule has 2 aromatic rings. The van der Waals surface area contributed by atoms with Crippen LogP contribution in [0.5, 0.6) is 5.75 Å². The molecule has 0 aromatic heterocycles.